The number of rotatable bonds is 11. The minimum atomic E-state index is 0.867. The van der Waals surface area contributed by atoms with Gasteiger partial charge in [0.2, 0.25) is 0 Å². The van der Waals surface area contributed by atoms with Crippen molar-refractivity contribution in [3.8, 4) is 17.1 Å². The molecule has 12 rings (SSSR count). The molecular weight excluding hydrogens is 827 g/mol. The van der Waals surface area contributed by atoms with Gasteiger partial charge >= 0.3 is 0 Å². The molecule has 0 N–H and O–H groups in total. The molecule has 0 saturated carbocycles. The second-order valence-electron chi connectivity index (χ2n) is 16.8. The van der Waals surface area contributed by atoms with E-state index in [0.29, 0.717) is 0 Å². The van der Waals surface area contributed by atoms with Crippen LogP contribution in [0.15, 0.2) is 273 Å². The average Bonchev–Trinajstić information content (AvgIpc) is 3.83. The maximum absolute atomic E-state index is 5.75. The number of nitrogens with zero attached hydrogens (tertiary/aromatic N) is 5. The predicted molar refractivity (Wildman–Crippen MR) is 286 cm³/mol. The van der Waals surface area contributed by atoms with Crippen molar-refractivity contribution in [3.05, 3.63) is 273 Å². The Morgan fingerprint density at radius 3 is 0.971 bits per heavy atom. The first-order chi connectivity index (χ1) is 33.8. The first kappa shape index (κ1) is 40.3. The molecule has 322 valence electrons. The van der Waals surface area contributed by atoms with Crippen LogP contribution in [0.2, 0.25) is 0 Å². The maximum atomic E-state index is 5.75. The lowest BCUT2D eigenvalue weighted by molar-refractivity contribution is 1.10. The number of para-hydroxylation sites is 6. The van der Waals surface area contributed by atoms with Crippen LogP contribution in [0.25, 0.3) is 49.7 Å². The molecule has 0 aliphatic heterocycles. The Labute approximate surface area is 396 Å². The first-order valence-electron chi connectivity index (χ1n) is 23.1. The standard InChI is InChI=1S/C63H45N5/c1-8-22-46(23-9-1)63-64-61-59-44-55(66(49-28-14-4-15-29-49)50-30-16-5-17-31-50)40-42-57(59)58-43-41-56(67(51-32-18-6-19-33-51)52-34-20-7-21-35-52)45-60(58)62(61)68(63)54-38-36-53(37-39-54)65(47-24-10-2-11-25-47)48-26-12-3-13-27-48/h1-45H. The highest BCUT2D eigenvalue weighted by Crippen LogP contribution is 2.45. The van der Waals surface area contributed by atoms with Crippen LogP contribution >= 0.6 is 0 Å². The minimum absolute atomic E-state index is 0.867. The average molecular weight is 872 g/mol. The van der Waals surface area contributed by atoms with Crippen molar-refractivity contribution in [2.45, 2.75) is 0 Å². The summed E-state index contributed by atoms with van der Waals surface area (Å²) in [6.07, 6.45) is 0. The van der Waals surface area contributed by atoms with Crippen LogP contribution in [0.3, 0.4) is 0 Å². The number of benzene rings is 11. The molecule has 0 aliphatic carbocycles. The Morgan fingerprint density at radius 2 is 0.574 bits per heavy atom. The summed E-state index contributed by atoms with van der Waals surface area (Å²) in [5, 5.41) is 4.46. The molecular formula is C63H45N5. The number of imidazole rings is 1. The van der Waals surface area contributed by atoms with Gasteiger partial charge in [0.05, 0.1) is 11.0 Å². The van der Waals surface area contributed by atoms with Crippen LogP contribution < -0.4 is 14.7 Å². The highest BCUT2D eigenvalue weighted by Gasteiger charge is 2.24. The molecule has 11 aromatic carbocycles. The molecule has 12 aromatic rings. The first-order valence-corrected chi connectivity index (χ1v) is 23.1. The molecule has 0 fully saturated rings. The van der Waals surface area contributed by atoms with E-state index in [2.05, 4.69) is 292 Å². The third-order valence-electron chi connectivity index (χ3n) is 12.7. The molecule has 1 aromatic heterocycles. The fourth-order valence-corrected chi connectivity index (χ4v) is 9.65. The lowest BCUT2D eigenvalue weighted by Gasteiger charge is -2.27. The van der Waals surface area contributed by atoms with Gasteiger partial charge in [-0.1, -0.05) is 152 Å². The van der Waals surface area contributed by atoms with Crippen LogP contribution in [0.4, 0.5) is 51.2 Å². The summed E-state index contributed by atoms with van der Waals surface area (Å²) in [7, 11) is 0. The van der Waals surface area contributed by atoms with E-state index in [9.17, 15) is 0 Å². The largest absolute Gasteiger partial charge is 0.311 e. The number of fused-ring (bicyclic) bond motifs is 6. The quantitative estimate of drug-likeness (QED) is 0.121. The van der Waals surface area contributed by atoms with Gasteiger partial charge in [-0.05, 0) is 132 Å². The van der Waals surface area contributed by atoms with E-state index < -0.39 is 0 Å². The van der Waals surface area contributed by atoms with Crippen molar-refractivity contribution in [2.75, 3.05) is 14.7 Å². The predicted octanol–water partition coefficient (Wildman–Crippen LogP) is 17.4. The van der Waals surface area contributed by atoms with Gasteiger partial charge in [-0.25, -0.2) is 4.98 Å². The third-order valence-corrected chi connectivity index (χ3v) is 12.7. The normalized spacial score (nSPS) is 11.2. The van der Waals surface area contributed by atoms with E-state index in [1.54, 1.807) is 0 Å². The molecule has 5 nitrogen and oxygen atoms in total. The van der Waals surface area contributed by atoms with Gasteiger partial charge in [0.15, 0.2) is 0 Å². The highest BCUT2D eigenvalue weighted by atomic mass is 15.2. The molecule has 0 spiro atoms. The van der Waals surface area contributed by atoms with Gasteiger partial charge < -0.3 is 14.7 Å². The molecule has 0 amide bonds. The molecule has 0 bridgehead atoms. The zero-order valence-corrected chi connectivity index (χ0v) is 37.2. The third kappa shape index (κ3) is 7.38. The smallest absolute Gasteiger partial charge is 0.145 e. The molecule has 0 saturated heterocycles. The Morgan fingerprint density at radius 1 is 0.265 bits per heavy atom. The minimum Gasteiger partial charge on any atom is -0.311 e. The number of aromatic nitrogens is 2. The van der Waals surface area contributed by atoms with Gasteiger partial charge in [-0.2, -0.15) is 0 Å². The second kappa shape index (κ2) is 17.7. The molecule has 0 aliphatic rings. The Kier molecular flexibility index (Phi) is 10.5. The number of hydrogen-bond donors (Lipinski definition) is 0. The molecule has 5 heteroatoms. The SMILES string of the molecule is c1ccc(-c2nc3c4cc(N(c5ccccc5)c5ccccc5)ccc4c4ccc(N(c5ccccc5)c5ccccc5)cc4c3n2-c2ccc(N(c3ccccc3)c3ccccc3)cc2)cc1. The lowest BCUT2D eigenvalue weighted by atomic mass is 9.97. The van der Waals surface area contributed by atoms with E-state index in [4.69, 9.17) is 4.98 Å². The Hall–Kier alpha value is -9.19. The van der Waals surface area contributed by atoms with Crippen molar-refractivity contribution >= 4 is 83.8 Å². The van der Waals surface area contributed by atoms with Crippen molar-refractivity contribution in [2.24, 2.45) is 0 Å². The van der Waals surface area contributed by atoms with E-state index in [1.807, 2.05) is 0 Å². The summed E-state index contributed by atoms with van der Waals surface area (Å²) < 4.78 is 2.38. The summed E-state index contributed by atoms with van der Waals surface area (Å²) in [4.78, 5) is 12.7. The van der Waals surface area contributed by atoms with Crippen molar-refractivity contribution in [1.29, 1.82) is 0 Å². The Balaban J connectivity index is 1.15. The highest BCUT2D eigenvalue weighted by molar-refractivity contribution is 6.25. The summed E-state index contributed by atoms with van der Waals surface area (Å²) in [5.74, 6) is 0.867. The van der Waals surface area contributed by atoms with E-state index >= 15 is 0 Å². The summed E-state index contributed by atoms with van der Waals surface area (Å²) in [6, 6.07) is 96.9. The van der Waals surface area contributed by atoms with Gasteiger partial charge in [0.25, 0.3) is 0 Å². The zero-order valence-electron chi connectivity index (χ0n) is 37.2. The van der Waals surface area contributed by atoms with E-state index in [0.717, 1.165) is 101 Å². The number of anilines is 9. The molecule has 1 heterocycles. The van der Waals surface area contributed by atoms with Crippen molar-refractivity contribution < 1.29 is 0 Å². The molecule has 0 unspecified atom stereocenters. The fraction of sp³-hybridized carbons (Fsp3) is 0. The summed E-state index contributed by atoms with van der Waals surface area (Å²) >= 11 is 0. The van der Waals surface area contributed by atoms with Gasteiger partial charge in [-0.3, -0.25) is 4.57 Å². The van der Waals surface area contributed by atoms with Gasteiger partial charge in [0, 0.05) is 73.2 Å². The van der Waals surface area contributed by atoms with E-state index in [1.165, 1.54) is 0 Å². The van der Waals surface area contributed by atoms with Crippen molar-refractivity contribution in [3.63, 3.8) is 0 Å². The van der Waals surface area contributed by atoms with Crippen LogP contribution in [-0.4, -0.2) is 9.55 Å². The summed E-state index contributed by atoms with van der Waals surface area (Å²) in [6.45, 7) is 0. The molecule has 0 radical (unpaired) electrons. The molecule has 68 heavy (non-hydrogen) atoms. The van der Waals surface area contributed by atoms with Crippen molar-refractivity contribution in [1.82, 2.24) is 9.55 Å². The molecule has 0 atom stereocenters. The maximum Gasteiger partial charge on any atom is 0.145 e. The van der Waals surface area contributed by atoms with Crippen LogP contribution in [0, 0.1) is 0 Å². The van der Waals surface area contributed by atoms with Crippen LogP contribution in [-0.2, 0) is 0 Å². The van der Waals surface area contributed by atoms with Crippen LogP contribution in [0.5, 0.6) is 0 Å². The topological polar surface area (TPSA) is 27.5 Å². The second-order valence-corrected chi connectivity index (χ2v) is 16.8. The fourth-order valence-electron chi connectivity index (χ4n) is 9.65. The lowest BCUT2D eigenvalue weighted by Crippen LogP contribution is -2.10. The van der Waals surface area contributed by atoms with Gasteiger partial charge in [0.1, 0.15) is 5.82 Å². The summed E-state index contributed by atoms with van der Waals surface area (Å²) in [5.41, 5.74) is 13.7. The van der Waals surface area contributed by atoms with Crippen LogP contribution in [0.1, 0.15) is 0 Å². The van der Waals surface area contributed by atoms with E-state index in [-0.39, 0.29) is 0 Å². The Bertz CT molecular complexity index is 3520. The monoisotopic (exact) mass is 871 g/mol. The van der Waals surface area contributed by atoms with Gasteiger partial charge in [-0.15, -0.1) is 0 Å². The zero-order chi connectivity index (χ0) is 45.2. The number of hydrogen-bond acceptors (Lipinski definition) is 4.